The van der Waals surface area contributed by atoms with Gasteiger partial charge in [-0.15, -0.1) is 0 Å². The van der Waals surface area contributed by atoms with Crippen LogP contribution in [0, 0.1) is 23.3 Å². The summed E-state index contributed by atoms with van der Waals surface area (Å²) in [6.07, 6.45) is -12.6. The van der Waals surface area contributed by atoms with Crippen molar-refractivity contribution in [3.63, 3.8) is 0 Å². The van der Waals surface area contributed by atoms with Gasteiger partial charge < -0.3 is 10.1 Å². The molecule has 2 rings (SSSR count). The van der Waals surface area contributed by atoms with Crippen molar-refractivity contribution >= 4 is 17.6 Å². The van der Waals surface area contributed by atoms with Gasteiger partial charge in [-0.05, 0) is 24.1 Å². The first-order valence-electron chi connectivity index (χ1n) is 9.15. The number of hydrogen-bond acceptors (Lipinski definition) is 3. The Hall–Kier alpha value is -3.32. The van der Waals surface area contributed by atoms with E-state index in [9.17, 15) is 53.5 Å². The Balaban J connectivity index is 2.42. The molecule has 186 valence electrons. The Morgan fingerprint density at radius 1 is 0.853 bits per heavy atom. The second kappa shape index (κ2) is 9.89. The second-order valence-corrected chi connectivity index (χ2v) is 6.70. The van der Waals surface area contributed by atoms with Gasteiger partial charge in [0.1, 0.15) is 11.3 Å². The SMILES string of the molecule is CCOC(=O)Cc1ccc(C(F)(F)F)c(CC(=O)Nc2c(F)c(F)c(C(F)(F)F)c(F)c2F)c1. The predicted octanol–water partition coefficient (Wildman–Crippen LogP) is 5.57. The topological polar surface area (TPSA) is 55.4 Å². The summed E-state index contributed by atoms with van der Waals surface area (Å²) in [5, 5.41) is 1.25. The number of nitrogens with one attached hydrogen (secondary N) is 1. The van der Waals surface area contributed by atoms with Crippen molar-refractivity contribution in [1.82, 2.24) is 0 Å². The van der Waals surface area contributed by atoms with E-state index in [-0.39, 0.29) is 12.2 Å². The van der Waals surface area contributed by atoms with Crippen molar-refractivity contribution in [1.29, 1.82) is 0 Å². The van der Waals surface area contributed by atoms with Gasteiger partial charge in [0.15, 0.2) is 23.3 Å². The average Bonchev–Trinajstić information content (AvgIpc) is 2.68. The standard InChI is InChI=1S/C20H13F10NO3/c1-2-34-12(33)6-8-3-4-10(19(25,26)27)9(5-8)7-11(32)31-18-16(23)14(21)13(20(28,29)30)15(22)17(18)24/h3-5H,2,6-7H2,1H3,(H,31,32). The number of hydrogen-bond donors (Lipinski definition) is 1. The van der Waals surface area contributed by atoms with E-state index in [1.54, 1.807) is 0 Å². The maximum Gasteiger partial charge on any atom is 0.422 e. The lowest BCUT2D eigenvalue weighted by Gasteiger charge is -2.16. The Morgan fingerprint density at radius 2 is 1.41 bits per heavy atom. The summed E-state index contributed by atoms with van der Waals surface area (Å²) in [7, 11) is 0. The molecule has 1 amide bonds. The van der Waals surface area contributed by atoms with E-state index >= 15 is 0 Å². The highest BCUT2D eigenvalue weighted by atomic mass is 19.4. The first-order chi connectivity index (χ1) is 15.6. The highest BCUT2D eigenvalue weighted by Gasteiger charge is 2.42. The molecule has 0 heterocycles. The molecule has 0 aliphatic rings. The van der Waals surface area contributed by atoms with Gasteiger partial charge in [-0.25, -0.2) is 17.6 Å². The van der Waals surface area contributed by atoms with Crippen LogP contribution in [0.5, 0.6) is 0 Å². The quantitative estimate of drug-likeness (QED) is 0.318. The number of alkyl halides is 6. The van der Waals surface area contributed by atoms with Crippen molar-refractivity contribution < 1.29 is 58.2 Å². The molecule has 14 heteroatoms. The highest BCUT2D eigenvalue weighted by Crippen LogP contribution is 2.39. The van der Waals surface area contributed by atoms with E-state index in [2.05, 4.69) is 4.74 Å². The molecule has 0 saturated heterocycles. The monoisotopic (exact) mass is 505 g/mol. The van der Waals surface area contributed by atoms with Gasteiger partial charge in [-0.2, -0.15) is 26.3 Å². The number of amides is 1. The van der Waals surface area contributed by atoms with Crippen molar-refractivity contribution in [3.05, 3.63) is 63.7 Å². The van der Waals surface area contributed by atoms with Crippen LogP contribution in [0.15, 0.2) is 18.2 Å². The summed E-state index contributed by atoms with van der Waals surface area (Å²) >= 11 is 0. The lowest BCUT2D eigenvalue weighted by atomic mass is 9.99. The summed E-state index contributed by atoms with van der Waals surface area (Å²) in [5.41, 5.74) is -7.03. The van der Waals surface area contributed by atoms with Crippen LogP contribution in [0.2, 0.25) is 0 Å². The van der Waals surface area contributed by atoms with Crippen LogP contribution in [-0.4, -0.2) is 18.5 Å². The van der Waals surface area contributed by atoms with Crippen LogP contribution in [0.25, 0.3) is 0 Å². The molecule has 0 spiro atoms. The number of ether oxygens (including phenoxy) is 1. The Kier molecular flexibility index (Phi) is 7.83. The van der Waals surface area contributed by atoms with E-state index in [0.717, 1.165) is 12.1 Å². The van der Waals surface area contributed by atoms with Crippen LogP contribution < -0.4 is 5.32 Å². The summed E-state index contributed by atoms with van der Waals surface area (Å²) in [6.45, 7) is 1.46. The molecule has 0 radical (unpaired) electrons. The van der Waals surface area contributed by atoms with Crippen molar-refractivity contribution in [2.24, 2.45) is 0 Å². The van der Waals surface area contributed by atoms with E-state index in [1.807, 2.05) is 0 Å². The summed E-state index contributed by atoms with van der Waals surface area (Å²) in [5.74, 6) is -13.4. The van der Waals surface area contributed by atoms with Crippen LogP contribution in [-0.2, 0) is 39.5 Å². The number of rotatable bonds is 6. The van der Waals surface area contributed by atoms with Crippen LogP contribution in [0.3, 0.4) is 0 Å². The molecule has 0 bridgehead atoms. The first-order valence-corrected chi connectivity index (χ1v) is 9.15. The van der Waals surface area contributed by atoms with E-state index in [0.29, 0.717) is 6.07 Å². The lowest BCUT2D eigenvalue weighted by molar-refractivity contribution is -0.143. The van der Waals surface area contributed by atoms with E-state index < -0.39 is 82.7 Å². The maximum atomic E-state index is 14.0. The zero-order valence-electron chi connectivity index (χ0n) is 16.9. The molecule has 0 aromatic heterocycles. The zero-order valence-corrected chi connectivity index (χ0v) is 16.9. The largest absolute Gasteiger partial charge is 0.466 e. The molecule has 0 atom stereocenters. The van der Waals surface area contributed by atoms with Gasteiger partial charge >= 0.3 is 18.3 Å². The molecule has 4 nitrogen and oxygen atoms in total. The fraction of sp³-hybridized carbons (Fsp3) is 0.300. The van der Waals surface area contributed by atoms with Gasteiger partial charge in [0.2, 0.25) is 5.91 Å². The van der Waals surface area contributed by atoms with Gasteiger partial charge in [-0.3, -0.25) is 9.59 Å². The molecular formula is C20H13F10NO3. The Morgan fingerprint density at radius 3 is 1.88 bits per heavy atom. The van der Waals surface area contributed by atoms with Crippen molar-refractivity contribution in [2.75, 3.05) is 11.9 Å². The molecule has 0 saturated carbocycles. The fourth-order valence-electron chi connectivity index (χ4n) is 2.91. The van der Waals surface area contributed by atoms with E-state index in [4.69, 9.17) is 0 Å². The lowest BCUT2D eigenvalue weighted by Crippen LogP contribution is -2.22. The van der Waals surface area contributed by atoms with Gasteiger partial charge in [-0.1, -0.05) is 12.1 Å². The third-order valence-electron chi connectivity index (χ3n) is 4.29. The van der Waals surface area contributed by atoms with Crippen LogP contribution in [0.1, 0.15) is 29.2 Å². The Labute approximate surface area is 184 Å². The number of esters is 1. The number of halogens is 10. The van der Waals surface area contributed by atoms with Crippen LogP contribution >= 0.6 is 0 Å². The van der Waals surface area contributed by atoms with Gasteiger partial charge in [0.25, 0.3) is 0 Å². The van der Waals surface area contributed by atoms with Crippen LogP contribution in [0.4, 0.5) is 49.6 Å². The zero-order chi connectivity index (χ0) is 26.0. The molecule has 0 fully saturated rings. The maximum absolute atomic E-state index is 14.0. The molecule has 0 aliphatic heterocycles. The minimum Gasteiger partial charge on any atom is -0.466 e. The molecule has 1 N–H and O–H groups in total. The Bertz CT molecular complexity index is 1080. The van der Waals surface area contributed by atoms with Crippen molar-refractivity contribution in [2.45, 2.75) is 32.1 Å². The molecule has 2 aromatic rings. The number of carbonyl (C=O) groups excluding carboxylic acids is 2. The third-order valence-corrected chi connectivity index (χ3v) is 4.29. The second-order valence-electron chi connectivity index (χ2n) is 6.70. The average molecular weight is 505 g/mol. The smallest absolute Gasteiger partial charge is 0.422 e. The van der Waals surface area contributed by atoms with Gasteiger partial charge in [0.05, 0.1) is 25.0 Å². The number of benzene rings is 2. The molecule has 34 heavy (non-hydrogen) atoms. The molecule has 2 aromatic carbocycles. The predicted molar refractivity (Wildman–Crippen MR) is 95.4 cm³/mol. The normalized spacial score (nSPS) is 12.0. The fourth-order valence-corrected chi connectivity index (χ4v) is 2.91. The minimum absolute atomic E-state index is 0.0217. The van der Waals surface area contributed by atoms with E-state index in [1.165, 1.54) is 12.2 Å². The molecule has 0 aliphatic carbocycles. The summed E-state index contributed by atoms with van der Waals surface area (Å²) in [6, 6.07) is 2.22. The third kappa shape index (κ3) is 5.97. The number of carbonyl (C=O) groups is 2. The number of anilines is 1. The molecular weight excluding hydrogens is 492 g/mol. The minimum atomic E-state index is -5.82. The highest BCUT2D eigenvalue weighted by molar-refractivity contribution is 5.93. The summed E-state index contributed by atoms with van der Waals surface area (Å²) < 4.78 is 138. The molecule has 0 unspecified atom stereocenters. The van der Waals surface area contributed by atoms with Crippen molar-refractivity contribution in [3.8, 4) is 0 Å². The van der Waals surface area contributed by atoms with Gasteiger partial charge in [0, 0.05) is 0 Å². The summed E-state index contributed by atoms with van der Waals surface area (Å²) in [4.78, 5) is 23.7. The first kappa shape index (κ1) is 26.9.